The summed E-state index contributed by atoms with van der Waals surface area (Å²) in [6, 6.07) is 0. The van der Waals surface area contributed by atoms with Crippen molar-refractivity contribution in [2.75, 3.05) is 6.61 Å². The van der Waals surface area contributed by atoms with Gasteiger partial charge in [0.25, 0.3) is 0 Å². The fraction of sp³-hybridized carbons (Fsp3) is 1.00. The highest BCUT2D eigenvalue weighted by Crippen LogP contribution is 2.53. The van der Waals surface area contributed by atoms with Gasteiger partial charge in [-0.2, -0.15) is 0 Å². The van der Waals surface area contributed by atoms with Gasteiger partial charge in [-0.25, -0.2) is 4.57 Å². The molecule has 54 valence electrons. The molecule has 0 N–H and O–H groups in total. The van der Waals surface area contributed by atoms with E-state index < -0.39 is 7.82 Å². The van der Waals surface area contributed by atoms with Gasteiger partial charge >= 0.3 is 7.82 Å². The van der Waals surface area contributed by atoms with E-state index in [-0.39, 0.29) is 6.61 Å². The van der Waals surface area contributed by atoms with Crippen molar-refractivity contribution in [3.05, 3.63) is 0 Å². The van der Waals surface area contributed by atoms with E-state index in [1.807, 2.05) is 0 Å². The third kappa shape index (κ3) is 1.72. The van der Waals surface area contributed by atoms with Crippen LogP contribution in [0.4, 0.5) is 0 Å². The van der Waals surface area contributed by atoms with Gasteiger partial charge in [0, 0.05) is 0 Å². The Morgan fingerprint density at radius 1 is 1.44 bits per heavy atom. The van der Waals surface area contributed by atoms with Crippen LogP contribution in [0.15, 0.2) is 0 Å². The van der Waals surface area contributed by atoms with Crippen LogP contribution in [-0.2, 0) is 28.5 Å². The molecule has 0 aromatic carbocycles. The van der Waals surface area contributed by atoms with Gasteiger partial charge in [-0.15, -0.1) is 0 Å². The van der Waals surface area contributed by atoms with E-state index in [9.17, 15) is 4.57 Å². The second-order valence-corrected chi connectivity index (χ2v) is 2.60. The van der Waals surface area contributed by atoms with E-state index in [0.29, 0.717) is 0 Å². The quantitative estimate of drug-likeness (QED) is 0.438. The minimum Gasteiger partial charge on any atom is -0.284 e. The largest absolute Gasteiger partial charge is 0.534 e. The summed E-state index contributed by atoms with van der Waals surface area (Å²) < 4.78 is 23.1. The van der Waals surface area contributed by atoms with E-state index in [2.05, 4.69) is 23.9 Å². The van der Waals surface area contributed by atoms with Crippen LogP contribution < -0.4 is 0 Å². The second kappa shape index (κ2) is 2.74. The predicted octanol–water partition coefficient (Wildman–Crippen LogP) is 0.956. The van der Waals surface area contributed by atoms with Crippen molar-refractivity contribution >= 4 is 7.82 Å². The average Bonchev–Trinajstić information content (AvgIpc) is 2.16. The topological polar surface area (TPSA) is 63.2 Å². The number of rotatable bonds is 2. The Labute approximate surface area is 51.0 Å². The molecule has 0 bridgehead atoms. The zero-order valence-corrected chi connectivity index (χ0v) is 5.50. The maximum Gasteiger partial charge on any atom is 0.534 e. The summed E-state index contributed by atoms with van der Waals surface area (Å²) in [5.74, 6) is 0. The Hall–Kier alpha value is 0.0300. The normalized spacial score (nSPS) is 24.6. The van der Waals surface area contributed by atoms with Gasteiger partial charge < -0.3 is 0 Å². The Kier molecular flexibility index (Phi) is 2.18. The van der Waals surface area contributed by atoms with Gasteiger partial charge in [0.1, 0.15) is 0 Å². The Morgan fingerprint density at radius 2 is 2.00 bits per heavy atom. The standard InChI is InChI=1S/C2H5O6P/c1-2-4-9(3)7-5-6-8-9/h2H2,1H3. The first-order chi connectivity index (χ1) is 4.27. The fourth-order valence-corrected chi connectivity index (χ4v) is 0.939. The minimum absolute atomic E-state index is 0.198. The molecule has 1 saturated heterocycles. The van der Waals surface area contributed by atoms with E-state index in [1.54, 1.807) is 6.92 Å². The zero-order valence-electron chi connectivity index (χ0n) is 4.60. The molecular weight excluding hydrogens is 151 g/mol. The molecule has 0 unspecified atom stereocenters. The van der Waals surface area contributed by atoms with Crippen molar-refractivity contribution in [3.8, 4) is 0 Å². The van der Waals surface area contributed by atoms with Crippen LogP contribution in [0.1, 0.15) is 6.92 Å². The van der Waals surface area contributed by atoms with Crippen LogP contribution in [0.5, 0.6) is 0 Å². The molecule has 0 aromatic rings. The smallest absolute Gasteiger partial charge is 0.284 e. The summed E-state index contributed by atoms with van der Waals surface area (Å²) in [6.07, 6.45) is 0. The molecule has 1 aliphatic heterocycles. The van der Waals surface area contributed by atoms with Gasteiger partial charge in [0.05, 0.1) is 6.61 Å². The molecule has 1 rings (SSSR count). The van der Waals surface area contributed by atoms with Crippen LogP contribution in [-0.4, -0.2) is 6.61 Å². The SMILES string of the molecule is CCOP1(=O)OOOO1. The molecule has 0 radical (unpaired) electrons. The molecule has 9 heavy (non-hydrogen) atoms. The number of phosphoric acid groups is 1. The van der Waals surface area contributed by atoms with Crippen LogP contribution in [0.2, 0.25) is 0 Å². The lowest BCUT2D eigenvalue weighted by molar-refractivity contribution is -0.532. The van der Waals surface area contributed by atoms with Crippen molar-refractivity contribution in [2.24, 2.45) is 0 Å². The lowest BCUT2D eigenvalue weighted by Gasteiger charge is -1.99. The Balaban J connectivity index is 2.42. The van der Waals surface area contributed by atoms with Crippen LogP contribution >= 0.6 is 7.82 Å². The third-order valence-corrected chi connectivity index (χ3v) is 1.62. The Morgan fingerprint density at radius 3 is 2.44 bits per heavy atom. The molecule has 0 amide bonds. The first-order valence-electron chi connectivity index (χ1n) is 2.23. The molecular formula is C2H5O6P. The first-order valence-corrected chi connectivity index (χ1v) is 3.69. The van der Waals surface area contributed by atoms with Crippen molar-refractivity contribution in [3.63, 3.8) is 0 Å². The maximum atomic E-state index is 10.7. The highest BCUT2D eigenvalue weighted by atomic mass is 31.2. The zero-order chi connectivity index (χ0) is 6.74. The molecule has 0 aliphatic carbocycles. The molecule has 0 spiro atoms. The van der Waals surface area contributed by atoms with Gasteiger partial charge in [-0.3, -0.25) is 4.52 Å². The highest BCUT2D eigenvalue weighted by molar-refractivity contribution is 7.48. The average molecular weight is 156 g/mol. The van der Waals surface area contributed by atoms with Gasteiger partial charge in [0.15, 0.2) is 0 Å². The minimum atomic E-state index is -3.51. The molecule has 1 aliphatic rings. The van der Waals surface area contributed by atoms with Gasteiger partial charge in [0.2, 0.25) is 0 Å². The van der Waals surface area contributed by atoms with Crippen molar-refractivity contribution in [2.45, 2.75) is 6.92 Å². The third-order valence-electron chi connectivity index (χ3n) is 0.558. The summed E-state index contributed by atoms with van der Waals surface area (Å²) in [5.41, 5.74) is 0. The Bertz CT molecular complexity index is 123. The molecule has 0 atom stereocenters. The summed E-state index contributed by atoms with van der Waals surface area (Å²) in [6.45, 7) is 1.83. The van der Waals surface area contributed by atoms with E-state index >= 15 is 0 Å². The van der Waals surface area contributed by atoms with Crippen molar-refractivity contribution in [1.29, 1.82) is 0 Å². The second-order valence-electron chi connectivity index (χ2n) is 1.15. The lowest BCUT2D eigenvalue weighted by Crippen LogP contribution is -1.87. The fourth-order valence-electron chi connectivity index (χ4n) is 0.313. The van der Waals surface area contributed by atoms with Crippen molar-refractivity contribution < 1.29 is 28.5 Å². The monoisotopic (exact) mass is 156 g/mol. The summed E-state index contributed by atoms with van der Waals surface area (Å²) >= 11 is 0. The van der Waals surface area contributed by atoms with Crippen molar-refractivity contribution in [1.82, 2.24) is 0 Å². The molecule has 1 heterocycles. The van der Waals surface area contributed by atoms with E-state index in [4.69, 9.17) is 0 Å². The van der Waals surface area contributed by atoms with Crippen LogP contribution in [0, 0.1) is 0 Å². The summed E-state index contributed by atoms with van der Waals surface area (Å²) in [4.78, 5) is 0. The van der Waals surface area contributed by atoms with E-state index in [1.165, 1.54) is 0 Å². The molecule has 7 heteroatoms. The van der Waals surface area contributed by atoms with Crippen LogP contribution in [0.3, 0.4) is 0 Å². The molecule has 1 fully saturated rings. The van der Waals surface area contributed by atoms with Gasteiger partial charge in [-0.05, 0) is 17.0 Å². The summed E-state index contributed by atoms with van der Waals surface area (Å²) in [7, 11) is -3.51. The number of hydrogen-bond donors (Lipinski definition) is 0. The summed E-state index contributed by atoms with van der Waals surface area (Å²) in [5, 5.41) is 7.40. The van der Waals surface area contributed by atoms with Crippen LogP contribution in [0.25, 0.3) is 0 Å². The predicted molar refractivity (Wildman–Crippen MR) is 23.6 cm³/mol. The lowest BCUT2D eigenvalue weighted by atomic mass is 10.9. The molecule has 0 aromatic heterocycles. The molecule has 0 saturated carbocycles. The van der Waals surface area contributed by atoms with E-state index in [0.717, 1.165) is 0 Å². The highest BCUT2D eigenvalue weighted by Gasteiger charge is 2.36. The maximum absolute atomic E-state index is 10.7. The first kappa shape index (κ1) is 7.14. The van der Waals surface area contributed by atoms with Gasteiger partial charge in [-0.1, -0.05) is 9.35 Å². The number of hydrogen-bond acceptors (Lipinski definition) is 6. The molecule has 6 nitrogen and oxygen atoms in total.